The lowest BCUT2D eigenvalue weighted by Crippen LogP contribution is -2.56. The predicted molar refractivity (Wildman–Crippen MR) is 27.9 cm³/mol. The second-order valence-corrected chi connectivity index (χ2v) is 1.61. The number of aldehydes is 1. The Labute approximate surface area is 46.8 Å². The maximum atomic E-state index is 10.2. The van der Waals surface area contributed by atoms with Gasteiger partial charge in [0.15, 0.2) is 17.7 Å². The first-order chi connectivity index (χ1) is 3.50. The zero-order chi connectivity index (χ0) is 6.78. The van der Waals surface area contributed by atoms with Gasteiger partial charge in [-0.05, 0) is 6.92 Å². The molecule has 0 fully saturated rings. The van der Waals surface area contributed by atoms with Crippen LogP contribution in [0.15, 0.2) is 0 Å². The molecule has 0 saturated heterocycles. The van der Waals surface area contributed by atoms with E-state index in [0.717, 1.165) is 6.92 Å². The van der Waals surface area contributed by atoms with E-state index in [0.29, 0.717) is 0 Å². The number of ketones is 1. The van der Waals surface area contributed by atoms with Gasteiger partial charge in [0.2, 0.25) is 0 Å². The molecule has 4 heteroatoms. The third-order valence-electron chi connectivity index (χ3n) is 0.805. The fourth-order valence-corrected chi connectivity index (χ4v) is 0.0830. The van der Waals surface area contributed by atoms with Gasteiger partial charge >= 0.3 is 0 Å². The molecule has 0 aromatic rings. The molecular formula is C4H8N2O2. The van der Waals surface area contributed by atoms with Crippen LogP contribution in [0.3, 0.4) is 0 Å². The first-order valence-corrected chi connectivity index (χ1v) is 2.06. The van der Waals surface area contributed by atoms with E-state index in [1.807, 2.05) is 0 Å². The lowest BCUT2D eigenvalue weighted by molar-refractivity contribution is -0.127. The second kappa shape index (κ2) is 2.02. The highest BCUT2D eigenvalue weighted by molar-refractivity contribution is 6.00. The van der Waals surface area contributed by atoms with Gasteiger partial charge in [0.1, 0.15) is 0 Å². The summed E-state index contributed by atoms with van der Waals surface area (Å²) in [6.45, 7) is 1.16. The van der Waals surface area contributed by atoms with Gasteiger partial charge in [-0.3, -0.25) is 9.59 Å². The standard InChI is InChI=1S/C4H8N2O2/c1-3(8)4(5,6)2-7/h2H,5-6H2,1H3. The van der Waals surface area contributed by atoms with Crippen molar-refractivity contribution in [2.45, 2.75) is 12.6 Å². The van der Waals surface area contributed by atoms with E-state index >= 15 is 0 Å². The molecule has 8 heavy (non-hydrogen) atoms. The number of hydrogen-bond donors (Lipinski definition) is 2. The quantitative estimate of drug-likeness (QED) is 0.258. The minimum absolute atomic E-state index is 0.218. The van der Waals surface area contributed by atoms with Crippen molar-refractivity contribution in [1.82, 2.24) is 0 Å². The third-order valence-corrected chi connectivity index (χ3v) is 0.805. The highest BCUT2D eigenvalue weighted by atomic mass is 16.1. The molecule has 0 aromatic heterocycles. The summed E-state index contributed by atoms with van der Waals surface area (Å²) >= 11 is 0. The molecule has 0 spiro atoms. The van der Waals surface area contributed by atoms with Crippen molar-refractivity contribution in [3.05, 3.63) is 0 Å². The number of rotatable bonds is 2. The Kier molecular flexibility index (Phi) is 1.83. The van der Waals surface area contributed by atoms with Crippen molar-refractivity contribution < 1.29 is 9.59 Å². The minimum atomic E-state index is -1.78. The van der Waals surface area contributed by atoms with Gasteiger partial charge in [-0.1, -0.05) is 0 Å². The fraction of sp³-hybridized carbons (Fsp3) is 0.500. The highest BCUT2D eigenvalue weighted by Gasteiger charge is 2.23. The van der Waals surface area contributed by atoms with Crippen molar-refractivity contribution in [2.24, 2.45) is 11.5 Å². The third kappa shape index (κ3) is 1.40. The summed E-state index contributed by atoms with van der Waals surface area (Å²) < 4.78 is 0. The van der Waals surface area contributed by atoms with E-state index in [4.69, 9.17) is 11.5 Å². The van der Waals surface area contributed by atoms with Gasteiger partial charge in [0, 0.05) is 0 Å². The average Bonchev–Trinajstić information content (AvgIpc) is 1.67. The SMILES string of the molecule is CC(=O)C(N)(N)C=O. The van der Waals surface area contributed by atoms with E-state index in [-0.39, 0.29) is 6.29 Å². The van der Waals surface area contributed by atoms with Crippen LogP contribution in [-0.2, 0) is 9.59 Å². The van der Waals surface area contributed by atoms with E-state index in [1.165, 1.54) is 0 Å². The zero-order valence-electron chi connectivity index (χ0n) is 4.55. The summed E-state index contributed by atoms with van der Waals surface area (Å²) in [5, 5.41) is 0. The van der Waals surface area contributed by atoms with Gasteiger partial charge in [-0.15, -0.1) is 0 Å². The monoisotopic (exact) mass is 116 g/mol. The van der Waals surface area contributed by atoms with Crippen LogP contribution < -0.4 is 11.5 Å². The Morgan fingerprint density at radius 1 is 1.62 bits per heavy atom. The number of Topliss-reactive ketones (excluding diaryl/α,β-unsaturated/α-hetero) is 1. The molecule has 0 rings (SSSR count). The number of hydrogen-bond acceptors (Lipinski definition) is 4. The van der Waals surface area contributed by atoms with E-state index in [2.05, 4.69) is 0 Å². The summed E-state index contributed by atoms with van der Waals surface area (Å²) in [5.41, 5.74) is 8.06. The molecule has 0 saturated carbocycles. The number of carbonyl (C=O) groups excluding carboxylic acids is 2. The van der Waals surface area contributed by atoms with Gasteiger partial charge in [-0.25, -0.2) is 0 Å². The molecule has 0 bridgehead atoms. The van der Waals surface area contributed by atoms with E-state index in [9.17, 15) is 9.59 Å². The van der Waals surface area contributed by atoms with Crippen LogP contribution >= 0.6 is 0 Å². The molecule has 0 unspecified atom stereocenters. The molecule has 0 atom stereocenters. The highest BCUT2D eigenvalue weighted by Crippen LogP contribution is 1.83. The second-order valence-electron chi connectivity index (χ2n) is 1.61. The first-order valence-electron chi connectivity index (χ1n) is 2.06. The van der Waals surface area contributed by atoms with Gasteiger partial charge in [0.25, 0.3) is 0 Å². The molecule has 4 nitrogen and oxygen atoms in total. The smallest absolute Gasteiger partial charge is 0.181 e. The van der Waals surface area contributed by atoms with Gasteiger partial charge in [0.05, 0.1) is 0 Å². The Morgan fingerprint density at radius 2 is 2.00 bits per heavy atom. The molecule has 4 N–H and O–H groups in total. The van der Waals surface area contributed by atoms with Crippen molar-refractivity contribution in [2.75, 3.05) is 0 Å². The van der Waals surface area contributed by atoms with Crippen LogP contribution in [0.1, 0.15) is 6.92 Å². The fourth-order valence-electron chi connectivity index (χ4n) is 0.0830. The number of nitrogens with two attached hydrogens (primary N) is 2. The lowest BCUT2D eigenvalue weighted by atomic mass is 10.1. The minimum Gasteiger partial charge on any atom is -0.301 e. The summed E-state index contributed by atoms with van der Waals surface area (Å²) in [6, 6.07) is 0. The largest absolute Gasteiger partial charge is 0.301 e. The summed E-state index contributed by atoms with van der Waals surface area (Å²) in [5.74, 6) is -0.535. The predicted octanol–water partition coefficient (Wildman–Crippen LogP) is -1.61. The maximum Gasteiger partial charge on any atom is 0.181 e. The van der Waals surface area contributed by atoms with Crippen LogP contribution in [0.4, 0.5) is 0 Å². The summed E-state index contributed by atoms with van der Waals surface area (Å²) in [4.78, 5) is 20.0. The molecule has 0 amide bonds. The van der Waals surface area contributed by atoms with Crippen molar-refractivity contribution >= 4 is 12.1 Å². The topological polar surface area (TPSA) is 86.2 Å². The van der Waals surface area contributed by atoms with Crippen LogP contribution in [0, 0.1) is 0 Å². The average molecular weight is 116 g/mol. The Balaban J connectivity index is 4.12. The van der Waals surface area contributed by atoms with Crippen LogP contribution in [0.2, 0.25) is 0 Å². The maximum absolute atomic E-state index is 10.2. The van der Waals surface area contributed by atoms with Crippen LogP contribution in [0.5, 0.6) is 0 Å². The molecule has 0 aliphatic heterocycles. The first kappa shape index (κ1) is 7.26. The molecule has 0 heterocycles. The van der Waals surface area contributed by atoms with Crippen molar-refractivity contribution in [1.29, 1.82) is 0 Å². The molecule has 0 aliphatic carbocycles. The molecular weight excluding hydrogens is 108 g/mol. The summed E-state index contributed by atoms with van der Waals surface area (Å²) in [7, 11) is 0. The Bertz CT molecular complexity index is 119. The van der Waals surface area contributed by atoms with Crippen molar-refractivity contribution in [3.8, 4) is 0 Å². The van der Waals surface area contributed by atoms with Crippen LogP contribution in [-0.4, -0.2) is 17.7 Å². The zero-order valence-corrected chi connectivity index (χ0v) is 4.55. The molecule has 0 aromatic carbocycles. The molecule has 46 valence electrons. The summed E-state index contributed by atoms with van der Waals surface area (Å²) in [6.07, 6.45) is 0.218. The molecule has 0 aliphatic rings. The lowest BCUT2D eigenvalue weighted by Gasteiger charge is -2.10. The van der Waals surface area contributed by atoms with Crippen molar-refractivity contribution in [3.63, 3.8) is 0 Å². The van der Waals surface area contributed by atoms with Gasteiger partial charge in [-0.2, -0.15) is 0 Å². The Morgan fingerprint density at radius 3 is 2.00 bits per heavy atom. The Hall–Kier alpha value is -0.740. The van der Waals surface area contributed by atoms with E-state index in [1.54, 1.807) is 0 Å². The number of carbonyl (C=O) groups is 2. The normalized spacial score (nSPS) is 10.9. The van der Waals surface area contributed by atoms with Crippen LogP contribution in [0.25, 0.3) is 0 Å². The van der Waals surface area contributed by atoms with Gasteiger partial charge < -0.3 is 11.5 Å². The van der Waals surface area contributed by atoms with E-state index < -0.39 is 11.4 Å². The molecule has 0 radical (unpaired) electrons.